The molecule has 1 unspecified atom stereocenters. The van der Waals surface area contributed by atoms with Gasteiger partial charge in [0.25, 0.3) is 0 Å². The number of benzene rings is 1. The Morgan fingerprint density at radius 1 is 1.40 bits per heavy atom. The standard InChI is InChI=1S/C13H20N2/c1-10-5-4-6-12(7-10)11(2)14-13-8-15(3)9-13/h4-7,11,13-14H,8-9H2,1-3H3. The van der Waals surface area contributed by atoms with Gasteiger partial charge in [0.15, 0.2) is 0 Å². The Balaban J connectivity index is 1.93. The normalized spacial score (nSPS) is 19.9. The van der Waals surface area contributed by atoms with E-state index in [0.717, 1.165) is 0 Å². The summed E-state index contributed by atoms with van der Waals surface area (Å²) in [4.78, 5) is 2.33. The highest BCUT2D eigenvalue weighted by Crippen LogP contribution is 2.16. The summed E-state index contributed by atoms with van der Waals surface area (Å²) in [5.74, 6) is 0. The lowest BCUT2D eigenvalue weighted by Crippen LogP contribution is -2.56. The van der Waals surface area contributed by atoms with Crippen molar-refractivity contribution in [2.75, 3.05) is 20.1 Å². The molecule has 1 heterocycles. The number of likely N-dealkylation sites (N-methyl/N-ethyl adjacent to an activating group) is 1. The lowest BCUT2D eigenvalue weighted by Gasteiger charge is -2.38. The minimum atomic E-state index is 0.462. The summed E-state index contributed by atoms with van der Waals surface area (Å²) in [6.45, 7) is 6.74. The molecule has 2 rings (SSSR count). The number of nitrogens with zero attached hydrogens (tertiary/aromatic N) is 1. The van der Waals surface area contributed by atoms with E-state index in [1.54, 1.807) is 0 Å². The van der Waals surface area contributed by atoms with Crippen molar-refractivity contribution < 1.29 is 0 Å². The number of likely N-dealkylation sites (tertiary alicyclic amines) is 1. The molecule has 82 valence electrons. The van der Waals surface area contributed by atoms with E-state index >= 15 is 0 Å². The van der Waals surface area contributed by atoms with Crippen molar-refractivity contribution >= 4 is 0 Å². The van der Waals surface area contributed by atoms with Crippen LogP contribution >= 0.6 is 0 Å². The van der Waals surface area contributed by atoms with Gasteiger partial charge >= 0.3 is 0 Å². The third-order valence-electron chi connectivity index (χ3n) is 3.09. The first-order valence-electron chi connectivity index (χ1n) is 5.66. The van der Waals surface area contributed by atoms with Crippen LogP contribution in [0.3, 0.4) is 0 Å². The SMILES string of the molecule is Cc1cccc(C(C)NC2CN(C)C2)c1. The molecule has 0 bridgehead atoms. The number of nitrogens with one attached hydrogen (secondary N) is 1. The van der Waals surface area contributed by atoms with Gasteiger partial charge in [-0.25, -0.2) is 0 Å². The Labute approximate surface area is 92.3 Å². The Kier molecular flexibility index (Phi) is 3.08. The summed E-state index contributed by atoms with van der Waals surface area (Å²) in [6, 6.07) is 9.88. The first-order chi connectivity index (χ1) is 7.15. The van der Waals surface area contributed by atoms with Gasteiger partial charge in [-0.15, -0.1) is 0 Å². The number of hydrogen-bond donors (Lipinski definition) is 1. The Bertz CT molecular complexity index is 329. The topological polar surface area (TPSA) is 15.3 Å². The van der Waals surface area contributed by atoms with Crippen molar-refractivity contribution in [2.45, 2.75) is 25.9 Å². The molecule has 1 aliphatic heterocycles. The van der Waals surface area contributed by atoms with Crippen LogP contribution in [0.2, 0.25) is 0 Å². The summed E-state index contributed by atoms with van der Waals surface area (Å²) in [5, 5.41) is 3.65. The summed E-state index contributed by atoms with van der Waals surface area (Å²) >= 11 is 0. The molecule has 0 radical (unpaired) electrons. The molecule has 0 saturated carbocycles. The maximum absolute atomic E-state index is 3.65. The van der Waals surface area contributed by atoms with E-state index in [1.807, 2.05) is 0 Å². The Morgan fingerprint density at radius 3 is 2.73 bits per heavy atom. The first kappa shape index (κ1) is 10.7. The molecule has 1 N–H and O–H groups in total. The van der Waals surface area contributed by atoms with Gasteiger partial charge in [0, 0.05) is 25.2 Å². The molecule has 2 nitrogen and oxygen atoms in total. The van der Waals surface area contributed by atoms with Gasteiger partial charge in [0.05, 0.1) is 0 Å². The zero-order chi connectivity index (χ0) is 10.8. The largest absolute Gasteiger partial charge is 0.305 e. The minimum absolute atomic E-state index is 0.462. The van der Waals surface area contributed by atoms with Crippen LogP contribution in [0.5, 0.6) is 0 Å². The maximum Gasteiger partial charge on any atom is 0.0327 e. The molecule has 1 aromatic carbocycles. The second-order valence-electron chi connectivity index (χ2n) is 4.72. The molecule has 1 fully saturated rings. The lowest BCUT2D eigenvalue weighted by atomic mass is 10.0. The lowest BCUT2D eigenvalue weighted by molar-refractivity contribution is 0.153. The van der Waals surface area contributed by atoms with Gasteiger partial charge in [-0.3, -0.25) is 0 Å². The molecular formula is C13H20N2. The van der Waals surface area contributed by atoms with E-state index in [-0.39, 0.29) is 0 Å². The van der Waals surface area contributed by atoms with Crippen LogP contribution in [0.15, 0.2) is 24.3 Å². The van der Waals surface area contributed by atoms with E-state index in [0.29, 0.717) is 12.1 Å². The smallest absolute Gasteiger partial charge is 0.0327 e. The van der Waals surface area contributed by atoms with E-state index in [1.165, 1.54) is 24.2 Å². The van der Waals surface area contributed by atoms with Gasteiger partial charge in [0.1, 0.15) is 0 Å². The fourth-order valence-electron chi connectivity index (χ4n) is 2.19. The average Bonchev–Trinajstić information content (AvgIpc) is 2.15. The predicted octanol–water partition coefficient (Wildman–Crippen LogP) is 1.96. The number of hydrogen-bond acceptors (Lipinski definition) is 2. The molecule has 1 atom stereocenters. The van der Waals surface area contributed by atoms with Crippen molar-refractivity contribution in [3.8, 4) is 0 Å². The Hall–Kier alpha value is -0.860. The zero-order valence-corrected chi connectivity index (χ0v) is 9.83. The molecular weight excluding hydrogens is 184 g/mol. The third kappa shape index (κ3) is 2.58. The van der Waals surface area contributed by atoms with Gasteiger partial charge in [-0.05, 0) is 26.5 Å². The van der Waals surface area contributed by atoms with Crippen molar-refractivity contribution in [3.63, 3.8) is 0 Å². The second-order valence-corrected chi connectivity index (χ2v) is 4.72. The highest BCUT2D eigenvalue weighted by Gasteiger charge is 2.24. The van der Waals surface area contributed by atoms with Crippen LogP contribution in [0.25, 0.3) is 0 Å². The molecule has 1 aromatic rings. The molecule has 0 amide bonds. The van der Waals surface area contributed by atoms with Crippen molar-refractivity contribution in [1.29, 1.82) is 0 Å². The fourth-order valence-corrected chi connectivity index (χ4v) is 2.19. The summed E-state index contributed by atoms with van der Waals surface area (Å²) in [5.41, 5.74) is 2.73. The van der Waals surface area contributed by atoms with E-state index in [9.17, 15) is 0 Å². The monoisotopic (exact) mass is 204 g/mol. The highest BCUT2D eigenvalue weighted by molar-refractivity contribution is 5.24. The fraction of sp³-hybridized carbons (Fsp3) is 0.538. The van der Waals surface area contributed by atoms with Crippen molar-refractivity contribution in [1.82, 2.24) is 10.2 Å². The first-order valence-corrected chi connectivity index (χ1v) is 5.66. The molecule has 1 saturated heterocycles. The predicted molar refractivity (Wildman–Crippen MR) is 64.0 cm³/mol. The zero-order valence-electron chi connectivity index (χ0n) is 9.83. The molecule has 1 aliphatic rings. The maximum atomic E-state index is 3.65. The molecule has 0 aliphatic carbocycles. The summed E-state index contributed by atoms with van der Waals surface area (Å²) in [7, 11) is 2.16. The summed E-state index contributed by atoms with van der Waals surface area (Å²) in [6.07, 6.45) is 0. The Morgan fingerprint density at radius 2 is 2.13 bits per heavy atom. The average molecular weight is 204 g/mol. The number of aryl methyl sites for hydroxylation is 1. The van der Waals surface area contributed by atoms with Crippen molar-refractivity contribution in [3.05, 3.63) is 35.4 Å². The second kappa shape index (κ2) is 4.33. The van der Waals surface area contributed by atoms with Gasteiger partial charge < -0.3 is 10.2 Å². The molecule has 2 heteroatoms. The third-order valence-corrected chi connectivity index (χ3v) is 3.09. The van der Waals surface area contributed by atoms with Crippen LogP contribution in [0.4, 0.5) is 0 Å². The number of rotatable bonds is 3. The van der Waals surface area contributed by atoms with Crippen LogP contribution in [0.1, 0.15) is 24.1 Å². The highest BCUT2D eigenvalue weighted by atomic mass is 15.2. The minimum Gasteiger partial charge on any atom is -0.305 e. The van der Waals surface area contributed by atoms with Crippen LogP contribution in [0, 0.1) is 6.92 Å². The van der Waals surface area contributed by atoms with E-state index in [4.69, 9.17) is 0 Å². The van der Waals surface area contributed by atoms with Gasteiger partial charge in [-0.1, -0.05) is 29.8 Å². The van der Waals surface area contributed by atoms with Gasteiger partial charge in [-0.2, -0.15) is 0 Å². The van der Waals surface area contributed by atoms with Crippen molar-refractivity contribution in [2.24, 2.45) is 0 Å². The molecule has 0 spiro atoms. The van der Waals surface area contributed by atoms with E-state index in [2.05, 4.69) is 55.4 Å². The quantitative estimate of drug-likeness (QED) is 0.809. The van der Waals surface area contributed by atoms with Crippen LogP contribution in [-0.4, -0.2) is 31.1 Å². The van der Waals surface area contributed by atoms with Crippen LogP contribution < -0.4 is 5.32 Å². The molecule has 0 aromatic heterocycles. The summed E-state index contributed by atoms with van der Waals surface area (Å²) < 4.78 is 0. The van der Waals surface area contributed by atoms with Gasteiger partial charge in [0.2, 0.25) is 0 Å². The van der Waals surface area contributed by atoms with E-state index < -0.39 is 0 Å². The van der Waals surface area contributed by atoms with Crippen LogP contribution in [-0.2, 0) is 0 Å². The molecule has 15 heavy (non-hydrogen) atoms.